The van der Waals surface area contributed by atoms with E-state index in [0.717, 1.165) is 11.2 Å². The van der Waals surface area contributed by atoms with Gasteiger partial charge in [0.1, 0.15) is 22.9 Å². The zero-order valence-electron chi connectivity index (χ0n) is 21.2. The van der Waals surface area contributed by atoms with Gasteiger partial charge in [0.15, 0.2) is 6.61 Å². The van der Waals surface area contributed by atoms with Crippen LogP contribution >= 0.6 is 0 Å². The molecule has 2 fully saturated rings. The molecule has 200 valence electrons. The summed E-state index contributed by atoms with van der Waals surface area (Å²) in [6, 6.07) is 9.87. The number of likely N-dealkylation sites (tertiary alicyclic amines) is 1. The van der Waals surface area contributed by atoms with Crippen molar-refractivity contribution in [2.75, 3.05) is 44.3 Å². The first-order chi connectivity index (χ1) is 19.0. The maximum atomic E-state index is 14.8. The Kier molecular flexibility index (Phi) is 6.51. The average molecular weight is 532 g/mol. The summed E-state index contributed by atoms with van der Waals surface area (Å²) in [6.45, 7) is 4.30. The van der Waals surface area contributed by atoms with Gasteiger partial charge in [-0.3, -0.25) is 4.79 Å². The molecule has 0 radical (unpaired) electrons. The molecular weight excluding hydrogens is 505 g/mol. The molecular formula is C27H26FN7O4. The summed E-state index contributed by atoms with van der Waals surface area (Å²) in [4.78, 5) is 39.4. The zero-order valence-corrected chi connectivity index (χ0v) is 21.2. The van der Waals surface area contributed by atoms with Crippen molar-refractivity contribution >= 4 is 28.6 Å². The van der Waals surface area contributed by atoms with E-state index in [1.54, 1.807) is 42.3 Å². The summed E-state index contributed by atoms with van der Waals surface area (Å²) in [7, 11) is 0. The predicted molar refractivity (Wildman–Crippen MR) is 138 cm³/mol. The highest BCUT2D eigenvalue weighted by atomic mass is 19.1. The lowest BCUT2D eigenvalue weighted by atomic mass is 10.0. The number of hydrogen-bond acceptors (Lipinski definition) is 9. The molecule has 39 heavy (non-hydrogen) atoms. The molecule has 0 saturated carbocycles. The van der Waals surface area contributed by atoms with Crippen LogP contribution in [0.2, 0.25) is 0 Å². The SMILES string of the molecule is CCOC(=O)COc1ccc2c(N3CC4CN(C(=O)c5c(F)cccc5-n5nccn5)CC4C3)nccc2n1. The Hall–Kier alpha value is -4.61. The number of halogens is 1. The van der Waals surface area contributed by atoms with Crippen LogP contribution in [0, 0.1) is 17.7 Å². The first-order valence-corrected chi connectivity index (χ1v) is 12.8. The van der Waals surface area contributed by atoms with Crippen LogP contribution in [0.15, 0.2) is 55.0 Å². The fourth-order valence-corrected chi connectivity index (χ4v) is 5.41. The number of benzene rings is 1. The van der Waals surface area contributed by atoms with Crippen LogP contribution in [0.4, 0.5) is 10.2 Å². The monoisotopic (exact) mass is 531 g/mol. The molecule has 12 heteroatoms. The lowest BCUT2D eigenvalue weighted by molar-refractivity contribution is -0.145. The minimum atomic E-state index is -0.591. The molecule has 2 unspecified atom stereocenters. The third-order valence-electron chi connectivity index (χ3n) is 7.13. The minimum absolute atomic E-state index is 0.0201. The van der Waals surface area contributed by atoms with Crippen molar-refractivity contribution in [3.05, 3.63) is 66.4 Å². The number of nitrogens with zero attached hydrogens (tertiary/aromatic N) is 7. The summed E-state index contributed by atoms with van der Waals surface area (Å²) in [5.74, 6) is 0.197. The Morgan fingerprint density at radius 2 is 1.77 bits per heavy atom. The van der Waals surface area contributed by atoms with E-state index < -0.39 is 11.8 Å². The number of anilines is 1. The van der Waals surface area contributed by atoms with Gasteiger partial charge in [0.2, 0.25) is 5.88 Å². The van der Waals surface area contributed by atoms with E-state index in [2.05, 4.69) is 25.1 Å². The first kappa shape index (κ1) is 24.7. The number of ether oxygens (including phenoxy) is 2. The van der Waals surface area contributed by atoms with Crippen LogP contribution < -0.4 is 9.64 Å². The van der Waals surface area contributed by atoms with Crippen molar-refractivity contribution in [3.63, 3.8) is 0 Å². The van der Waals surface area contributed by atoms with Crippen LogP contribution in [-0.2, 0) is 9.53 Å². The van der Waals surface area contributed by atoms with E-state index in [1.807, 2.05) is 6.07 Å². The Morgan fingerprint density at radius 3 is 2.51 bits per heavy atom. The number of rotatable bonds is 7. The molecule has 1 amide bonds. The Labute approximate surface area is 223 Å². The van der Waals surface area contributed by atoms with Gasteiger partial charge >= 0.3 is 5.97 Å². The highest BCUT2D eigenvalue weighted by Crippen LogP contribution is 2.37. The quantitative estimate of drug-likeness (QED) is 0.332. The van der Waals surface area contributed by atoms with Crippen molar-refractivity contribution in [2.24, 2.45) is 11.8 Å². The van der Waals surface area contributed by atoms with Crippen molar-refractivity contribution < 1.29 is 23.5 Å². The number of hydrogen-bond donors (Lipinski definition) is 0. The lowest BCUT2D eigenvalue weighted by Gasteiger charge is -2.24. The second-order valence-electron chi connectivity index (χ2n) is 9.53. The predicted octanol–water partition coefficient (Wildman–Crippen LogP) is 2.50. The second kappa shape index (κ2) is 10.3. The number of carbonyl (C=O) groups excluding carboxylic acids is 2. The van der Waals surface area contributed by atoms with E-state index in [0.29, 0.717) is 49.9 Å². The van der Waals surface area contributed by atoms with Crippen molar-refractivity contribution in [2.45, 2.75) is 6.92 Å². The molecule has 11 nitrogen and oxygen atoms in total. The molecule has 3 aromatic heterocycles. The molecule has 6 rings (SSSR count). The molecule has 2 saturated heterocycles. The normalized spacial score (nSPS) is 18.4. The topological polar surface area (TPSA) is 116 Å². The average Bonchev–Trinajstić information content (AvgIpc) is 3.69. The molecule has 2 atom stereocenters. The molecule has 0 aliphatic carbocycles. The number of fused-ring (bicyclic) bond motifs is 2. The van der Waals surface area contributed by atoms with Gasteiger partial charge in [-0.05, 0) is 31.2 Å². The Bertz CT molecular complexity index is 1520. The van der Waals surface area contributed by atoms with Gasteiger partial charge in [0, 0.05) is 55.7 Å². The molecule has 0 bridgehead atoms. The van der Waals surface area contributed by atoms with Gasteiger partial charge in [-0.2, -0.15) is 15.0 Å². The van der Waals surface area contributed by atoms with Gasteiger partial charge in [-0.25, -0.2) is 19.2 Å². The summed E-state index contributed by atoms with van der Waals surface area (Å²) in [6.07, 6.45) is 4.68. The van der Waals surface area contributed by atoms with E-state index in [9.17, 15) is 14.0 Å². The largest absolute Gasteiger partial charge is 0.466 e. The first-order valence-electron chi connectivity index (χ1n) is 12.8. The summed E-state index contributed by atoms with van der Waals surface area (Å²) < 4.78 is 25.2. The van der Waals surface area contributed by atoms with E-state index in [4.69, 9.17) is 9.47 Å². The van der Waals surface area contributed by atoms with Crippen molar-refractivity contribution in [3.8, 4) is 11.6 Å². The van der Waals surface area contributed by atoms with E-state index in [-0.39, 0.29) is 29.9 Å². The number of carbonyl (C=O) groups is 2. The summed E-state index contributed by atoms with van der Waals surface area (Å²) in [5.41, 5.74) is 1.00. The van der Waals surface area contributed by atoms with Crippen LogP contribution in [-0.4, -0.2) is 81.1 Å². The fraction of sp³-hybridized carbons (Fsp3) is 0.333. The number of amides is 1. The molecule has 5 heterocycles. The van der Waals surface area contributed by atoms with Crippen LogP contribution in [0.3, 0.4) is 0 Å². The van der Waals surface area contributed by atoms with Gasteiger partial charge in [-0.15, -0.1) is 0 Å². The van der Waals surface area contributed by atoms with Gasteiger partial charge in [0.25, 0.3) is 5.91 Å². The van der Waals surface area contributed by atoms with Gasteiger partial charge in [-0.1, -0.05) is 6.07 Å². The molecule has 1 aromatic carbocycles. The van der Waals surface area contributed by atoms with E-state index >= 15 is 0 Å². The smallest absolute Gasteiger partial charge is 0.344 e. The van der Waals surface area contributed by atoms with E-state index in [1.165, 1.54) is 23.3 Å². The highest BCUT2D eigenvalue weighted by molar-refractivity contribution is 5.98. The number of pyridine rings is 2. The standard InChI is InChI=1S/C27H26FN7O4/c1-2-38-24(36)16-39-23-7-6-19-21(32-23)8-9-29-26(19)33-12-17-14-34(15-18(17)13-33)27(37)25-20(28)4-3-5-22(25)35-30-10-11-31-35/h3-11,17-18H,2,12-16H2,1H3. The minimum Gasteiger partial charge on any atom is -0.466 e. The maximum absolute atomic E-state index is 14.8. The molecule has 0 spiro atoms. The Morgan fingerprint density at radius 1 is 1.00 bits per heavy atom. The van der Waals surface area contributed by atoms with Gasteiger partial charge < -0.3 is 19.3 Å². The van der Waals surface area contributed by atoms with Crippen LogP contribution in [0.1, 0.15) is 17.3 Å². The fourth-order valence-electron chi connectivity index (χ4n) is 5.41. The second-order valence-corrected chi connectivity index (χ2v) is 9.53. The lowest BCUT2D eigenvalue weighted by Crippen LogP contribution is -2.34. The number of esters is 1. The third-order valence-corrected chi connectivity index (χ3v) is 7.13. The maximum Gasteiger partial charge on any atom is 0.344 e. The molecule has 4 aromatic rings. The van der Waals surface area contributed by atoms with Crippen molar-refractivity contribution in [1.82, 2.24) is 29.9 Å². The van der Waals surface area contributed by atoms with Crippen molar-refractivity contribution in [1.29, 1.82) is 0 Å². The highest BCUT2D eigenvalue weighted by Gasteiger charge is 2.43. The summed E-state index contributed by atoms with van der Waals surface area (Å²) >= 11 is 0. The summed E-state index contributed by atoms with van der Waals surface area (Å²) in [5, 5.41) is 9.02. The van der Waals surface area contributed by atoms with Gasteiger partial charge in [0.05, 0.1) is 24.5 Å². The molecule has 2 aliphatic heterocycles. The molecule has 0 N–H and O–H groups in total. The van der Waals surface area contributed by atoms with Crippen LogP contribution in [0.25, 0.3) is 16.6 Å². The molecule has 2 aliphatic rings. The third kappa shape index (κ3) is 4.73. The Balaban J connectivity index is 1.16. The zero-order chi connectivity index (χ0) is 26.9. The van der Waals surface area contributed by atoms with Crippen LogP contribution in [0.5, 0.6) is 5.88 Å². The number of aromatic nitrogens is 5.